The fourth-order valence-electron chi connectivity index (χ4n) is 3.20. The minimum atomic E-state index is 0.0164. The molecule has 2 N–H and O–H groups in total. The second-order valence-electron chi connectivity index (χ2n) is 5.89. The zero-order valence-corrected chi connectivity index (χ0v) is 13.2. The SMILES string of the molecule is O=C1NCCCCC1NC1CC(c2ccccc2Br)C1. The predicted molar refractivity (Wildman–Crippen MR) is 83.7 cm³/mol. The maximum Gasteiger partial charge on any atom is 0.237 e. The smallest absolute Gasteiger partial charge is 0.237 e. The van der Waals surface area contributed by atoms with Gasteiger partial charge in [0, 0.05) is 17.1 Å². The van der Waals surface area contributed by atoms with Crippen LogP contribution in [0.5, 0.6) is 0 Å². The van der Waals surface area contributed by atoms with E-state index in [1.165, 1.54) is 10.0 Å². The first-order chi connectivity index (χ1) is 9.74. The normalized spacial score (nSPS) is 30.2. The van der Waals surface area contributed by atoms with E-state index in [4.69, 9.17) is 0 Å². The molecule has 1 aromatic carbocycles. The Hall–Kier alpha value is -0.870. The molecule has 0 spiro atoms. The second kappa shape index (κ2) is 6.27. The lowest BCUT2D eigenvalue weighted by Crippen LogP contribution is -2.51. The quantitative estimate of drug-likeness (QED) is 0.890. The van der Waals surface area contributed by atoms with Crippen molar-refractivity contribution in [2.45, 2.75) is 50.1 Å². The fourth-order valence-corrected chi connectivity index (χ4v) is 3.81. The number of rotatable bonds is 3. The second-order valence-corrected chi connectivity index (χ2v) is 6.75. The monoisotopic (exact) mass is 336 g/mol. The number of carbonyl (C=O) groups is 1. The van der Waals surface area contributed by atoms with E-state index < -0.39 is 0 Å². The molecule has 1 aromatic rings. The number of amides is 1. The number of hydrogen-bond donors (Lipinski definition) is 2. The minimum absolute atomic E-state index is 0.0164. The lowest BCUT2D eigenvalue weighted by Gasteiger charge is -2.38. The van der Waals surface area contributed by atoms with Crippen LogP contribution in [0.15, 0.2) is 28.7 Å². The molecule has 3 rings (SSSR count). The lowest BCUT2D eigenvalue weighted by atomic mass is 9.75. The molecule has 0 bridgehead atoms. The van der Waals surface area contributed by atoms with Crippen LogP contribution in [-0.2, 0) is 4.79 Å². The number of halogens is 1. The molecule has 3 nitrogen and oxygen atoms in total. The van der Waals surface area contributed by atoms with Gasteiger partial charge in [-0.2, -0.15) is 0 Å². The summed E-state index contributed by atoms with van der Waals surface area (Å²) >= 11 is 3.63. The molecule has 4 heteroatoms. The van der Waals surface area contributed by atoms with Crippen molar-refractivity contribution in [3.05, 3.63) is 34.3 Å². The van der Waals surface area contributed by atoms with E-state index in [1.807, 2.05) is 0 Å². The van der Waals surface area contributed by atoms with Gasteiger partial charge in [-0.05, 0) is 49.7 Å². The van der Waals surface area contributed by atoms with Gasteiger partial charge in [0.1, 0.15) is 0 Å². The van der Waals surface area contributed by atoms with Crippen molar-refractivity contribution >= 4 is 21.8 Å². The highest BCUT2D eigenvalue weighted by Crippen LogP contribution is 2.40. The van der Waals surface area contributed by atoms with Gasteiger partial charge in [0.25, 0.3) is 0 Å². The molecule has 1 unspecified atom stereocenters. The lowest BCUT2D eigenvalue weighted by molar-refractivity contribution is -0.123. The van der Waals surface area contributed by atoms with Crippen molar-refractivity contribution in [2.75, 3.05) is 6.54 Å². The summed E-state index contributed by atoms with van der Waals surface area (Å²) < 4.78 is 1.20. The maximum absolute atomic E-state index is 11.9. The summed E-state index contributed by atoms with van der Waals surface area (Å²) in [5, 5.41) is 6.53. The Morgan fingerprint density at radius 3 is 2.80 bits per heavy atom. The molecule has 2 aliphatic rings. The molecule has 1 amide bonds. The molecule has 20 heavy (non-hydrogen) atoms. The molecule has 1 aliphatic carbocycles. The van der Waals surface area contributed by atoms with Crippen LogP contribution in [0.1, 0.15) is 43.6 Å². The standard InChI is InChI=1S/C16H21BrN2O/c17-14-6-2-1-5-13(14)11-9-12(10-11)19-15-7-3-4-8-18-16(15)20/h1-2,5-6,11-12,15,19H,3-4,7-10H2,(H,18,20). The van der Waals surface area contributed by atoms with E-state index in [0.717, 1.165) is 38.6 Å². The molecule has 1 atom stereocenters. The van der Waals surface area contributed by atoms with Gasteiger partial charge in [-0.3, -0.25) is 4.79 Å². The van der Waals surface area contributed by atoms with Crippen molar-refractivity contribution in [2.24, 2.45) is 0 Å². The topological polar surface area (TPSA) is 41.1 Å². The fraction of sp³-hybridized carbons (Fsp3) is 0.562. The van der Waals surface area contributed by atoms with Crippen LogP contribution in [0.3, 0.4) is 0 Å². The molecule has 0 radical (unpaired) electrons. The zero-order valence-electron chi connectivity index (χ0n) is 11.6. The third-order valence-electron chi connectivity index (χ3n) is 4.46. The van der Waals surface area contributed by atoms with Crippen LogP contribution >= 0.6 is 15.9 Å². The molecule has 2 fully saturated rings. The van der Waals surface area contributed by atoms with Crippen molar-refractivity contribution in [3.8, 4) is 0 Å². The van der Waals surface area contributed by atoms with Gasteiger partial charge in [0.05, 0.1) is 6.04 Å². The van der Waals surface area contributed by atoms with Crippen LogP contribution in [-0.4, -0.2) is 24.5 Å². The Labute approximate surface area is 128 Å². The summed E-state index contributed by atoms with van der Waals surface area (Å²) in [5.41, 5.74) is 1.40. The molecule has 1 heterocycles. The van der Waals surface area contributed by atoms with Crippen molar-refractivity contribution in [1.29, 1.82) is 0 Å². The van der Waals surface area contributed by atoms with E-state index in [2.05, 4.69) is 50.8 Å². The highest BCUT2D eigenvalue weighted by atomic mass is 79.9. The third-order valence-corrected chi connectivity index (χ3v) is 5.18. The number of carbonyl (C=O) groups excluding carboxylic acids is 1. The van der Waals surface area contributed by atoms with Gasteiger partial charge in [0.15, 0.2) is 0 Å². The van der Waals surface area contributed by atoms with E-state index in [1.54, 1.807) is 0 Å². The average molecular weight is 337 g/mol. The summed E-state index contributed by atoms with van der Waals surface area (Å²) in [4.78, 5) is 11.9. The molecular weight excluding hydrogens is 316 g/mol. The number of nitrogens with one attached hydrogen (secondary N) is 2. The first-order valence-corrected chi connectivity index (χ1v) is 8.31. The highest BCUT2D eigenvalue weighted by Gasteiger charge is 2.34. The predicted octanol–water partition coefficient (Wildman–Crippen LogP) is 2.95. The first-order valence-electron chi connectivity index (χ1n) is 7.52. The Kier molecular flexibility index (Phi) is 4.41. The van der Waals surface area contributed by atoms with E-state index in [0.29, 0.717) is 12.0 Å². The van der Waals surface area contributed by atoms with Crippen LogP contribution in [0, 0.1) is 0 Å². The van der Waals surface area contributed by atoms with Crippen LogP contribution < -0.4 is 10.6 Å². The zero-order chi connectivity index (χ0) is 13.9. The van der Waals surface area contributed by atoms with Crippen LogP contribution in [0.4, 0.5) is 0 Å². The van der Waals surface area contributed by atoms with Crippen LogP contribution in [0.25, 0.3) is 0 Å². The van der Waals surface area contributed by atoms with Gasteiger partial charge in [-0.1, -0.05) is 34.1 Å². The largest absolute Gasteiger partial charge is 0.355 e. The molecule has 1 saturated carbocycles. The molecule has 1 aliphatic heterocycles. The third kappa shape index (κ3) is 3.07. The van der Waals surface area contributed by atoms with Crippen molar-refractivity contribution in [1.82, 2.24) is 10.6 Å². The molecule has 1 saturated heterocycles. The number of hydrogen-bond acceptors (Lipinski definition) is 2. The van der Waals surface area contributed by atoms with Crippen molar-refractivity contribution in [3.63, 3.8) is 0 Å². The van der Waals surface area contributed by atoms with Gasteiger partial charge in [-0.25, -0.2) is 0 Å². The number of benzene rings is 1. The van der Waals surface area contributed by atoms with Gasteiger partial charge in [-0.15, -0.1) is 0 Å². The summed E-state index contributed by atoms with van der Waals surface area (Å²) in [5.74, 6) is 0.809. The summed E-state index contributed by atoms with van der Waals surface area (Å²) in [6.07, 6.45) is 5.48. The Morgan fingerprint density at radius 2 is 2.00 bits per heavy atom. The Morgan fingerprint density at radius 1 is 1.20 bits per heavy atom. The summed E-state index contributed by atoms with van der Waals surface area (Å²) in [7, 11) is 0. The molecule has 0 aromatic heterocycles. The highest BCUT2D eigenvalue weighted by molar-refractivity contribution is 9.10. The average Bonchev–Trinajstić information content (AvgIpc) is 2.60. The Bertz CT molecular complexity index is 485. The van der Waals surface area contributed by atoms with Gasteiger partial charge in [0.2, 0.25) is 5.91 Å². The minimum Gasteiger partial charge on any atom is -0.355 e. The van der Waals surface area contributed by atoms with E-state index in [9.17, 15) is 4.79 Å². The maximum atomic E-state index is 11.9. The molecular formula is C16H21BrN2O. The van der Waals surface area contributed by atoms with Gasteiger partial charge < -0.3 is 10.6 Å². The first kappa shape index (κ1) is 14.1. The molecule has 108 valence electrons. The van der Waals surface area contributed by atoms with Crippen molar-refractivity contribution < 1.29 is 4.79 Å². The summed E-state index contributed by atoms with van der Waals surface area (Å²) in [6.45, 7) is 0.835. The van der Waals surface area contributed by atoms with Crippen LogP contribution in [0.2, 0.25) is 0 Å². The summed E-state index contributed by atoms with van der Waals surface area (Å²) in [6, 6.07) is 8.96. The van der Waals surface area contributed by atoms with E-state index in [-0.39, 0.29) is 11.9 Å². The van der Waals surface area contributed by atoms with Gasteiger partial charge >= 0.3 is 0 Å². The van der Waals surface area contributed by atoms with E-state index >= 15 is 0 Å². The Balaban J connectivity index is 1.53.